The van der Waals surface area contributed by atoms with Gasteiger partial charge in [-0.3, -0.25) is 4.79 Å². The van der Waals surface area contributed by atoms with Crippen LogP contribution in [0.25, 0.3) is 0 Å². The van der Waals surface area contributed by atoms with Gasteiger partial charge in [0.25, 0.3) is 0 Å². The second-order valence-corrected chi connectivity index (χ2v) is 5.27. The summed E-state index contributed by atoms with van der Waals surface area (Å²) >= 11 is 0. The van der Waals surface area contributed by atoms with E-state index < -0.39 is 6.04 Å². The van der Waals surface area contributed by atoms with Crippen molar-refractivity contribution in [3.63, 3.8) is 0 Å². The molecule has 2 rings (SSSR count). The van der Waals surface area contributed by atoms with Crippen molar-refractivity contribution in [1.82, 2.24) is 0 Å². The molecule has 0 saturated heterocycles. The standard InChI is InChI=1S/C15H22N2O2/c1-11-9-12-5-3-4-6-14(12)17(10-11)15(18)13(16)7-8-19-2/h3-6,11,13H,7-10,16H2,1-2H3. The van der Waals surface area contributed by atoms with Crippen LogP contribution < -0.4 is 10.6 Å². The third-order valence-electron chi connectivity index (χ3n) is 3.56. The lowest BCUT2D eigenvalue weighted by Crippen LogP contribution is -2.48. The predicted octanol–water partition coefficient (Wildman–Crippen LogP) is 1.58. The van der Waals surface area contributed by atoms with E-state index in [9.17, 15) is 4.79 Å². The van der Waals surface area contributed by atoms with Gasteiger partial charge in [0.05, 0.1) is 6.04 Å². The zero-order valence-electron chi connectivity index (χ0n) is 11.6. The van der Waals surface area contributed by atoms with Crippen LogP contribution in [0.4, 0.5) is 5.69 Å². The van der Waals surface area contributed by atoms with Crippen molar-refractivity contribution >= 4 is 11.6 Å². The zero-order valence-corrected chi connectivity index (χ0v) is 11.6. The highest BCUT2D eigenvalue weighted by Gasteiger charge is 2.28. The molecule has 1 aromatic carbocycles. The first-order valence-electron chi connectivity index (χ1n) is 6.77. The Kier molecular flexibility index (Phi) is 4.56. The van der Waals surface area contributed by atoms with E-state index in [1.807, 2.05) is 23.1 Å². The summed E-state index contributed by atoms with van der Waals surface area (Å²) in [6.45, 7) is 3.42. The molecule has 1 aliphatic rings. The Balaban J connectivity index is 2.18. The summed E-state index contributed by atoms with van der Waals surface area (Å²) < 4.78 is 4.99. The highest BCUT2D eigenvalue weighted by atomic mass is 16.5. The zero-order chi connectivity index (χ0) is 13.8. The molecule has 2 N–H and O–H groups in total. The molecule has 4 nitrogen and oxygen atoms in total. The van der Waals surface area contributed by atoms with Crippen molar-refractivity contribution < 1.29 is 9.53 Å². The molecule has 0 aliphatic carbocycles. The van der Waals surface area contributed by atoms with Crippen molar-refractivity contribution in [2.75, 3.05) is 25.2 Å². The van der Waals surface area contributed by atoms with Crippen molar-refractivity contribution in [3.05, 3.63) is 29.8 Å². The monoisotopic (exact) mass is 262 g/mol. The van der Waals surface area contributed by atoms with Gasteiger partial charge in [-0.25, -0.2) is 0 Å². The molecular formula is C15H22N2O2. The maximum atomic E-state index is 12.5. The van der Waals surface area contributed by atoms with Crippen molar-refractivity contribution in [1.29, 1.82) is 0 Å². The highest BCUT2D eigenvalue weighted by molar-refractivity contribution is 5.98. The summed E-state index contributed by atoms with van der Waals surface area (Å²) in [5.41, 5.74) is 8.21. The molecule has 1 amide bonds. The van der Waals surface area contributed by atoms with Gasteiger partial charge in [0.2, 0.25) is 5.91 Å². The number of nitrogens with two attached hydrogens (primary N) is 1. The minimum absolute atomic E-state index is 0.00366. The van der Waals surface area contributed by atoms with E-state index in [1.54, 1.807) is 7.11 Å². The molecule has 2 atom stereocenters. The first-order valence-corrected chi connectivity index (χ1v) is 6.77. The molecule has 0 bridgehead atoms. The lowest BCUT2D eigenvalue weighted by molar-refractivity contribution is -0.120. The number of nitrogens with zero attached hydrogens (tertiary/aromatic N) is 1. The van der Waals surface area contributed by atoms with E-state index >= 15 is 0 Å². The predicted molar refractivity (Wildman–Crippen MR) is 76.1 cm³/mol. The van der Waals surface area contributed by atoms with Gasteiger partial charge in [0, 0.05) is 25.9 Å². The maximum absolute atomic E-state index is 12.5. The summed E-state index contributed by atoms with van der Waals surface area (Å²) in [6.07, 6.45) is 1.58. The molecule has 2 unspecified atom stereocenters. The molecule has 0 aromatic heterocycles. The summed E-state index contributed by atoms with van der Waals surface area (Å²) in [5, 5.41) is 0. The molecule has 19 heavy (non-hydrogen) atoms. The summed E-state index contributed by atoms with van der Waals surface area (Å²) in [4.78, 5) is 14.3. The Morgan fingerprint density at radius 3 is 3.00 bits per heavy atom. The Hall–Kier alpha value is -1.39. The van der Waals surface area contributed by atoms with Gasteiger partial charge in [-0.2, -0.15) is 0 Å². The van der Waals surface area contributed by atoms with Crippen molar-refractivity contribution in [2.45, 2.75) is 25.8 Å². The SMILES string of the molecule is COCCC(N)C(=O)N1CC(C)Cc2ccccc21. The number of hydrogen-bond acceptors (Lipinski definition) is 3. The Morgan fingerprint density at radius 1 is 1.53 bits per heavy atom. The number of carbonyl (C=O) groups excluding carboxylic acids is 1. The average Bonchev–Trinajstić information content (AvgIpc) is 2.42. The fourth-order valence-corrected chi connectivity index (χ4v) is 2.57. The van der Waals surface area contributed by atoms with Crippen LogP contribution in [0.5, 0.6) is 0 Å². The fraction of sp³-hybridized carbons (Fsp3) is 0.533. The molecule has 1 aromatic rings. The number of methoxy groups -OCH3 is 1. The molecule has 1 heterocycles. The van der Waals surface area contributed by atoms with Gasteiger partial charge in [0.15, 0.2) is 0 Å². The van der Waals surface area contributed by atoms with Gasteiger partial charge < -0.3 is 15.4 Å². The Labute approximate surface area is 114 Å². The number of benzene rings is 1. The van der Waals surface area contributed by atoms with E-state index in [2.05, 4.69) is 13.0 Å². The van der Waals surface area contributed by atoms with E-state index in [0.717, 1.165) is 18.7 Å². The number of amides is 1. The number of rotatable bonds is 4. The average molecular weight is 262 g/mol. The van der Waals surface area contributed by atoms with Crippen LogP contribution in [0.2, 0.25) is 0 Å². The number of para-hydroxylation sites is 1. The summed E-state index contributed by atoms with van der Waals surface area (Å²) in [6, 6.07) is 7.59. The van der Waals surface area contributed by atoms with Crippen molar-refractivity contribution in [3.8, 4) is 0 Å². The van der Waals surface area contributed by atoms with E-state index in [0.29, 0.717) is 18.9 Å². The van der Waals surface area contributed by atoms with Crippen LogP contribution in [-0.4, -0.2) is 32.2 Å². The van der Waals surface area contributed by atoms with E-state index in [-0.39, 0.29) is 5.91 Å². The van der Waals surface area contributed by atoms with Crippen LogP contribution in [0.1, 0.15) is 18.9 Å². The second-order valence-electron chi connectivity index (χ2n) is 5.27. The van der Waals surface area contributed by atoms with Crippen LogP contribution >= 0.6 is 0 Å². The number of hydrogen-bond donors (Lipinski definition) is 1. The molecule has 0 radical (unpaired) electrons. The molecular weight excluding hydrogens is 240 g/mol. The molecule has 104 valence electrons. The first kappa shape index (κ1) is 14.0. The Bertz CT molecular complexity index is 448. The lowest BCUT2D eigenvalue weighted by atomic mass is 9.93. The third kappa shape index (κ3) is 3.14. The quantitative estimate of drug-likeness (QED) is 0.896. The van der Waals surface area contributed by atoms with Gasteiger partial charge in [-0.1, -0.05) is 25.1 Å². The van der Waals surface area contributed by atoms with Crippen molar-refractivity contribution in [2.24, 2.45) is 11.7 Å². The second kappa shape index (κ2) is 6.17. The molecule has 0 spiro atoms. The number of ether oxygens (including phenoxy) is 1. The minimum atomic E-state index is -0.488. The molecule has 4 heteroatoms. The fourth-order valence-electron chi connectivity index (χ4n) is 2.57. The largest absolute Gasteiger partial charge is 0.385 e. The van der Waals surface area contributed by atoms with Crippen LogP contribution in [0, 0.1) is 5.92 Å². The minimum Gasteiger partial charge on any atom is -0.385 e. The van der Waals surface area contributed by atoms with Crippen LogP contribution in [0.15, 0.2) is 24.3 Å². The topological polar surface area (TPSA) is 55.6 Å². The molecule has 0 fully saturated rings. The molecule has 0 saturated carbocycles. The lowest BCUT2D eigenvalue weighted by Gasteiger charge is -2.34. The molecule has 1 aliphatic heterocycles. The number of fused-ring (bicyclic) bond motifs is 1. The highest BCUT2D eigenvalue weighted by Crippen LogP contribution is 2.29. The van der Waals surface area contributed by atoms with Crippen LogP contribution in [-0.2, 0) is 16.0 Å². The number of carbonyl (C=O) groups is 1. The summed E-state index contributed by atoms with van der Waals surface area (Å²) in [5.74, 6) is 0.463. The Morgan fingerprint density at radius 2 is 2.26 bits per heavy atom. The maximum Gasteiger partial charge on any atom is 0.243 e. The first-order chi connectivity index (χ1) is 9.13. The summed E-state index contributed by atoms with van der Waals surface area (Å²) in [7, 11) is 1.62. The van der Waals surface area contributed by atoms with Gasteiger partial charge in [0.1, 0.15) is 0 Å². The third-order valence-corrected chi connectivity index (χ3v) is 3.56. The number of anilines is 1. The normalized spacial score (nSPS) is 19.9. The van der Waals surface area contributed by atoms with Gasteiger partial charge in [-0.05, 0) is 30.4 Å². The van der Waals surface area contributed by atoms with Gasteiger partial charge in [-0.15, -0.1) is 0 Å². The smallest absolute Gasteiger partial charge is 0.243 e. The van der Waals surface area contributed by atoms with Crippen LogP contribution in [0.3, 0.4) is 0 Å². The van der Waals surface area contributed by atoms with E-state index in [1.165, 1.54) is 5.56 Å². The van der Waals surface area contributed by atoms with E-state index in [4.69, 9.17) is 10.5 Å². The van der Waals surface area contributed by atoms with Gasteiger partial charge >= 0.3 is 0 Å².